The Labute approximate surface area is 67.9 Å². The maximum atomic E-state index is 5.26. The van der Waals surface area contributed by atoms with Crippen molar-refractivity contribution in [1.82, 2.24) is 0 Å². The molecule has 52 valence electrons. The van der Waals surface area contributed by atoms with Crippen LogP contribution in [-0.4, -0.2) is 16.8 Å². The molecule has 3 heteroatoms. The molecule has 0 saturated carbocycles. The van der Waals surface area contributed by atoms with E-state index in [0.717, 1.165) is 16.8 Å². The van der Waals surface area contributed by atoms with E-state index in [0.29, 0.717) is 0 Å². The molecule has 0 aromatic rings. The molecule has 1 heterocycles. The Morgan fingerprint density at radius 3 is 2.38 bits per heavy atom. The summed E-state index contributed by atoms with van der Waals surface area (Å²) in [6, 6.07) is 0. The first-order valence-corrected chi connectivity index (χ1v) is 3.85. The van der Waals surface area contributed by atoms with E-state index >= 15 is 0 Å². The Kier molecular flexibility index (Phi) is 5.23. The van der Waals surface area contributed by atoms with Crippen molar-refractivity contribution in [2.45, 2.75) is 19.3 Å². The van der Waals surface area contributed by atoms with Crippen LogP contribution >= 0.6 is 0 Å². The van der Waals surface area contributed by atoms with E-state index in [9.17, 15) is 0 Å². The monoisotopic (exact) mass is 310 g/mol. The van der Waals surface area contributed by atoms with Crippen LogP contribution in [0.5, 0.6) is 0 Å². The van der Waals surface area contributed by atoms with Crippen molar-refractivity contribution in [3.05, 3.63) is 5.73 Å². The van der Waals surface area contributed by atoms with Gasteiger partial charge >= 0.3 is 0 Å². The Morgan fingerprint density at radius 2 is 2.12 bits per heavy atom. The van der Waals surface area contributed by atoms with Crippen molar-refractivity contribution in [3.63, 3.8) is 0 Å². The van der Waals surface area contributed by atoms with Crippen molar-refractivity contribution >= 4 is 10.2 Å². The van der Waals surface area contributed by atoms with Crippen LogP contribution in [-0.2, 0) is 25.8 Å². The van der Waals surface area contributed by atoms with Gasteiger partial charge in [0.1, 0.15) is 0 Å². The summed E-state index contributed by atoms with van der Waals surface area (Å²) in [5, 5.41) is 0. The average molecular weight is 310 g/mol. The van der Waals surface area contributed by atoms with Gasteiger partial charge in [0.2, 0.25) is 0 Å². The van der Waals surface area contributed by atoms with Crippen LogP contribution in [0.2, 0.25) is 0 Å². The van der Waals surface area contributed by atoms with Gasteiger partial charge in [0.25, 0.3) is 0 Å². The third-order valence-corrected chi connectivity index (χ3v) is 2.06. The number of hydrogen-bond acceptors (Lipinski definition) is 1. The number of rotatable bonds is 0. The van der Waals surface area contributed by atoms with Crippen molar-refractivity contribution in [2.24, 2.45) is 0 Å². The second-order valence-electron chi connectivity index (χ2n) is 2.01. The minimum Gasteiger partial charge on any atom is -0.551 e. The molecule has 1 aliphatic rings. The van der Waals surface area contributed by atoms with E-state index in [4.69, 9.17) is 4.74 Å². The van der Waals surface area contributed by atoms with Crippen LogP contribution in [0.3, 0.4) is 0 Å². The van der Waals surface area contributed by atoms with Gasteiger partial charge in [-0.2, -0.15) is 6.42 Å². The first-order valence-electron chi connectivity index (χ1n) is 2.85. The first kappa shape index (κ1) is 8.87. The minimum absolute atomic E-state index is 0. The predicted octanol–water partition coefficient (Wildman–Crippen LogP) is 0.0393. The van der Waals surface area contributed by atoms with Crippen molar-refractivity contribution in [1.29, 1.82) is 0 Å². The third-order valence-electron chi connectivity index (χ3n) is 1.27. The summed E-state index contributed by atoms with van der Waals surface area (Å²) in [7, 11) is 1.15. The van der Waals surface area contributed by atoms with Gasteiger partial charge in [0.05, 0.1) is 0 Å². The van der Waals surface area contributed by atoms with E-state index in [1.807, 2.05) is 0 Å². The molecule has 8 heavy (non-hydrogen) atoms. The molecule has 0 aliphatic carbocycles. The Hall–Kier alpha value is 0.865. The molecule has 1 nitrogen and oxygen atoms in total. The molecule has 1 saturated heterocycles. The quantitative estimate of drug-likeness (QED) is 0.453. The SMILES string of the molecule is [Pt].[SiH3][C-]1CCCCO1. The molecule has 0 bridgehead atoms. The summed E-state index contributed by atoms with van der Waals surface area (Å²) < 4.78 is 5.26. The Balaban J connectivity index is 0.000000490. The fraction of sp³-hybridized carbons (Fsp3) is 0.800. The van der Waals surface area contributed by atoms with Crippen LogP contribution in [0.15, 0.2) is 0 Å². The van der Waals surface area contributed by atoms with Crippen LogP contribution in [0.25, 0.3) is 0 Å². The van der Waals surface area contributed by atoms with E-state index < -0.39 is 0 Å². The third kappa shape index (κ3) is 3.00. The summed E-state index contributed by atoms with van der Waals surface area (Å²) in [4.78, 5) is 0. The molecule has 0 spiro atoms. The van der Waals surface area contributed by atoms with E-state index in [1.54, 1.807) is 0 Å². The molecule has 0 amide bonds. The maximum absolute atomic E-state index is 5.26. The molecular formula is C5H11OPtSi-. The zero-order valence-corrected chi connectivity index (χ0v) is 9.33. The molecule has 0 aromatic carbocycles. The number of ether oxygens (including phenoxy) is 1. The second kappa shape index (κ2) is 4.72. The fourth-order valence-corrected chi connectivity index (χ4v) is 1.35. The molecule has 0 atom stereocenters. The van der Waals surface area contributed by atoms with E-state index in [2.05, 4.69) is 0 Å². The van der Waals surface area contributed by atoms with Crippen LogP contribution < -0.4 is 0 Å². The summed E-state index contributed by atoms with van der Waals surface area (Å²) >= 11 is 0. The molecular weight excluding hydrogens is 299 g/mol. The summed E-state index contributed by atoms with van der Waals surface area (Å²) in [6.07, 6.45) is 3.87. The van der Waals surface area contributed by atoms with E-state index in [-0.39, 0.29) is 21.1 Å². The van der Waals surface area contributed by atoms with Crippen LogP contribution in [0.4, 0.5) is 0 Å². The average Bonchev–Trinajstić information content (AvgIpc) is 1.69. The van der Waals surface area contributed by atoms with Crippen molar-refractivity contribution in [2.75, 3.05) is 6.61 Å². The normalized spacial score (nSPS) is 22.5. The topological polar surface area (TPSA) is 9.23 Å². The Morgan fingerprint density at radius 1 is 1.38 bits per heavy atom. The van der Waals surface area contributed by atoms with Gasteiger partial charge in [-0.1, -0.05) is 6.42 Å². The minimum atomic E-state index is 0. The summed E-state index contributed by atoms with van der Waals surface area (Å²) in [5.41, 5.74) is 1.35. The molecule has 0 N–H and O–H groups in total. The van der Waals surface area contributed by atoms with E-state index in [1.165, 1.54) is 25.0 Å². The molecule has 1 aliphatic heterocycles. The largest absolute Gasteiger partial charge is 0.551 e. The van der Waals surface area contributed by atoms with Gasteiger partial charge < -0.3 is 4.74 Å². The molecule has 0 aromatic heterocycles. The zero-order valence-electron chi connectivity index (χ0n) is 5.05. The summed E-state index contributed by atoms with van der Waals surface area (Å²) in [5.74, 6) is 0. The van der Waals surface area contributed by atoms with Crippen molar-refractivity contribution < 1.29 is 25.8 Å². The van der Waals surface area contributed by atoms with Crippen LogP contribution in [0, 0.1) is 5.73 Å². The molecule has 1 rings (SSSR count). The molecule has 1 fully saturated rings. The van der Waals surface area contributed by atoms with Gasteiger partial charge in [0.15, 0.2) is 0 Å². The maximum Gasteiger partial charge on any atom is 0.0111 e. The fourth-order valence-electron chi connectivity index (χ4n) is 0.795. The van der Waals surface area contributed by atoms with Gasteiger partial charge in [-0.25, -0.2) is 5.73 Å². The smallest absolute Gasteiger partial charge is 0.0111 e. The van der Waals surface area contributed by atoms with Crippen LogP contribution in [0.1, 0.15) is 19.3 Å². The van der Waals surface area contributed by atoms with Crippen molar-refractivity contribution in [3.8, 4) is 0 Å². The zero-order chi connectivity index (χ0) is 5.11. The molecule has 0 radical (unpaired) electrons. The second-order valence-corrected chi connectivity index (χ2v) is 3.12. The van der Waals surface area contributed by atoms with Gasteiger partial charge in [-0.15, -0.1) is 10.2 Å². The van der Waals surface area contributed by atoms with Gasteiger partial charge in [-0.3, -0.25) is 0 Å². The summed E-state index contributed by atoms with van der Waals surface area (Å²) in [6.45, 7) is 0.985. The molecule has 0 unspecified atom stereocenters. The predicted molar refractivity (Wildman–Crippen MR) is 33.0 cm³/mol. The standard InChI is InChI=1S/C5H11OSi.Pt/c7-5-3-1-2-4-6-5;/h1-4H2,7H3;/q-1;. The van der Waals surface area contributed by atoms with Gasteiger partial charge in [-0.05, 0) is 6.42 Å². The first-order chi connectivity index (χ1) is 3.39. The number of hydrogen-bond donors (Lipinski definition) is 0. The Bertz CT molecular complexity index is 54.4. The van der Waals surface area contributed by atoms with Gasteiger partial charge in [0, 0.05) is 27.7 Å².